The maximum atomic E-state index is 13.2. The molecule has 174 valence electrons. The molecule has 3 heterocycles. The highest BCUT2D eigenvalue weighted by Gasteiger charge is 2.47. The number of carbonyl (C=O) groups is 3. The zero-order chi connectivity index (χ0) is 23.5. The van der Waals surface area contributed by atoms with Gasteiger partial charge in [0.1, 0.15) is 5.54 Å². The van der Waals surface area contributed by atoms with Crippen LogP contribution in [-0.2, 0) is 28.6 Å². The summed E-state index contributed by atoms with van der Waals surface area (Å²) in [5, 5.41) is 8.04. The molecule has 3 atom stereocenters. The minimum Gasteiger partial charge on any atom is -0.468 e. The van der Waals surface area contributed by atoms with Crippen LogP contribution in [0.1, 0.15) is 38.5 Å². The Morgan fingerprint density at radius 2 is 1.81 bits per heavy atom. The van der Waals surface area contributed by atoms with Gasteiger partial charge in [-0.25, -0.2) is 9.59 Å². The molecule has 1 aromatic heterocycles. The minimum absolute atomic E-state index is 0.190. The van der Waals surface area contributed by atoms with Crippen molar-refractivity contribution in [1.29, 1.82) is 0 Å². The Bertz CT molecular complexity index is 956. The van der Waals surface area contributed by atoms with Gasteiger partial charge < -0.3 is 19.5 Å². The Kier molecular flexibility index (Phi) is 7.68. The smallest absolute Gasteiger partial charge is 0.336 e. The molecule has 0 radical (unpaired) electrons. The fraction of sp³-hybridized carbons (Fsp3) is 0.500. The van der Waals surface area contributed by atoms with E-state index in [1.807, 2.05) is 17.5 Å². The highest BCUT2D eigenvalue weighted by molar-refractivity contribution is 8.00. The fourth-order valence-corrected chi connectivity index (χ4v) is 6.08. The van der Waals surface area contributed by atoms with Crippen molar-refractivity contribution in [2.24, 2.45) is 0 Å². The summed E-state index contributed by atoms with van der Waals surface area (Å²) in [6, 6.07) is 3.76. The van der Waals surface area contributed by atoms with Gasteiger partial charge in [-0.1, -0.05) is 6.07 Å². The van der Waals surface area contributed by atoms with E-state index >= 15 is 0 Å². The van der Waals surface area contributed by atoms with Crippen LogP contribution in [0.3, 0.4) is 0 Å². The van der Waals surface area contributed by atoms with E-state index in [4.69, 9.17) is 14.2 Å². The van der Waals surface area contributed by atoms with Gasteiger partial charge in [-0.2, -0.15) is 0 Å². The second-order valence-corrected chi connectivity index (χ2v) is 9.61. The van der Waals surface area contributed by atoms with Crippen LogP contribution < -0.4 is 10.6 Å². The van der Waals surface area contributed by atoms with Crippen molar-refractivity contribution in [3.63, 3.8) is 0 Å². The van der Waals surface area contributed by atoms with E-state index in [0.717, 1.165) is 4.88 Å². The third-order valence-corrected chi connectivity index (χ3v) is 7.67. The van der Waals surface area contributed by atoms with Crippen LogP contribution in [0.4, 0.5) is 0 Å². The highest BCUT2D eigenvalue weighted by atomic mass is 32.2. The molecule has 2 aliphatic rings. The summed E-state index contributed by atoms with van der Waals surface area (Å²) in [7, 11) is 1.35. The molecule has 0 bridgehead atoms. The van der Waals surface area contributed by atoms with Crippen LogP contribution in [-0.4, -0.2) is 54.9 Å². The monoisotopic (exact) mass is 480 g/mol. The SMILES string of the molecule is CCOC(=O)C1=C(C)NC([C@H]2N[C@](C)(C(=O)OC)CS2)=C(C(=O)OCC)[C@H]1c1cccs1. The van der Waals surface area contributed by atoms with E-state index < -0.39 is 28.8 Å². The largest absolute Gasteiger partial charge is 0.468 e. The predicted molar refractivity (Wildman–Crippen MR) is 123 cm³/mol. The Morgan fingerprint density at radius 3 is 2.38 bits per heavy atom. The van der Waals surface area contributed by atoms with Crippen molar-refractivity contribution in [1.82, 2.24) is 10.6 Å². The van der Waals surface area contributed by atoms with Crippen molar-refractivity contribution in [3.8, 4) is 0 Å². The number of hydrogen-bond acceptors (Lipinski definition) is 10. The lowest BCUT2D eigenvalue weighted by Crippen LogP contribution is -2.51. The third-order valence-electron chi connectivity index (χ3n) is 5.30. The van der Waals surface area contributed by atoms with E-state index in [0.29, 0.717) is 28.3 Å². The quantitative estimate of drug-likeness (QED) is 0.450. The number of carbonyl (C=O) groups excluding carboxylic acids is 3. The molecular weight excluding hydrogens is 452 g/mol. The van der Waals surface area contributed by atoms with Gasteiger partial charge in [-0.15, -0.1) is 23.1 Å². The number of allylic oxidation sites excluding steroid dienone is 1. The van der Waals surface area contributed by atoms with Gasteiger partial charge in [-0.3, -0.25) is 10.1 Å². The molecule has 0 aromatic carbocycles. The Hall–Kier alpha value is -2.30. The lowest BCUT2D eigenvalue weighted by molar-refractivity contribution is -0.146. The fourth-order valence-electron chi connectivity index (χ4n) is 3.84. The summed E-state index contributed by atoms with van der Waals surface area (Å²) >= 11 is 2.93. The van der Waals surface area contributed by atoms with Gasteiger partial charge in [0, 0.05) is 16.3 Å². The number of thiophene rings is 1. The van der Waals surface area contributed by atoms with Crippen molar-refractivity contribution >= 4 is 41.0 Å². The first kappa shape index (κ1) is 24.3. The van der Waals surface area contributed by atoms with Gasteiger partial charge in [0.2, 0.25) is 0 Å². The standard InChI is InChI=1S/C22H28N2O6S2/c1-6-29-19(25)14-12(3)23-17(18-24-22(4,11-32-18)21(27)28-5)16(20(26)30-7-2)15(14)13-9-8-10-31-13/h8-10,15,18,23-24H,6-7,11H2,1-5H3/t15-,18-,22-/m0/s1. The lowest BCUT2D eigenvalue weighted by atomic mass is 9.83. The van der Waals surface area contributed by atoms with Crippen molar-refractivity contribution in [2.45, 2.75) is 44.5 Å². The van der Waals surface area contributed by atoms with Gasteiger partial charge in [0.25, 0.3) is 0 Å². The third kappa shape index (κ3) is 4.57. The number of esters is 3. The molecule has 0 unspecified atom stereocenters. The summed E-state index contributed by atoms with van der Waals surface area (Å²) in [6.07, 6.45) is 0. The van der Waals surface area contributed by atoms with E-state index in [-0.39, 0.29) is 19.2 Å². The van der Waals surface area contributed by atoms with Crippen molar-refractivity contribution < 1.29 is 28.6 Å². The van der Waals surface area contributed by atoms with E-state index in [2.05, 4.69) is 10.6 Å². The Labute approximate surface area is 195 Å². The molecule has 1 aromatic rings. The summed E-state index contributed by atoms with van der Waals surface area (Å²) in [5.41, 5.74) is 0.974. The second kappa shape index (κ2) is 10.1. The van der Waals surface area contributed by atoms with Crippen LogP contribution in [0.2, 0.25) is 0 Å². The van der Waals surface area contributed by atoms with Crippen molar-refractivity contribution in [2.75, 3.05) is 26.1 Å². The lowest BCUT2D eigenvalue weighted by Gasteiger charge is -2.33. The summed E-state index contributed by atoms with van der Waals surface area (Å²) < 4.78 is 15.7. The summed E-state index contributed by atoms with van der Waals surface area (Å²) in [6.45, 7) is 7.44. The highest BCUT2D eigenvalue weighted by Crippen LogP contribution is 2.44. The van der Waals surface area contributed by atoms with Crippen LogP contribution in [0, 0.1) is 0 Å². The van der Waals surface area contributed by atoms with Crippen LogP contribution >= 0.6 is 23.1 Å². The van der Waals surface area contributed by atoms with Crippen LogP contribution in [0.25, 0.3) is 0 Å². The molecule has 2 aliphatic heterocycles. The first-order valence-corrected chi connectivity index (χ1v) is 12.3. The molecule has 0 aliphatic carbocycles. The van der Waals surface area contributed by atoms with Gasteiger partial charge >= 0.3 is 17.9 Å². The maximum Gasteiger partial charge on any atom is 0.336 e. The predicted octanol–water partition coefficient (Wildman–Crippen LogP) is 2.68. The zero-order valence-electron chi connectivity index (χ0n) is 18.8. The van der Waals surface area contributed by atoms with Crippen LogP contribution in [0.15, 0.2) is 40.1 Å². The summed E-state index contributed by atoms with van der Waals surface area (Å²) in [4.78, 5) is 39.3. The minimum atomic E-state index is -0.907. The van der Waals surface area contributed by atoms with Gasteiger partial charge in [0.05, 0.1) is 48.5 Å². The average molecular weight is 481 g/mol. The first-order chi connectivity index (χ1) is 15.3. The number of thioether (sulfide) groups is 1. The zero-order valence-corrected chi connectivity index (χ0v) is 20.4. The second-order valence-electron chi connectivity index (χ2n) is 7.54. The number of hydrogen-bond donors (Lipinski definition) is 2. The molecule has 0 amide bonds. The van der Waals surface area contributed by atoms with E-state index in [9.17, 15) is 14.4 Å². The molecule has 0 spiro atoms. The molecule has 0 saturated carbocycles. The van der Waals surface area contributed by atoms with Gasteiger partial charge in [0.15, 0.2) is 0 Å². The summed E-state index contributed by atoms with van der Waals surface area (Å²) in [5.74, 6) is -1.56. The Balaban J connectivity index is 2.14. The normalized spacial score (nSPS) is 25.4. The number of methoxy groups -OCH3 is 1. The van der Waals surface area contributed by atoms with Crippen LogP contribution in [0.5, 0.6) is 0 Å². The van der Waals surface area contributed by atoms with E-state index in [1.165, 1.54) is 30.2 Å². The molecule has 1 fully saturated rings. The van der Waals surface area contributed by atoms with E-state index in [1.54, 1.807) is 27.7 Å². The molecule has 32 heavy (non-hydrogen) atoms. The van der Waals surface area contributed by atoms with Crippen molar-refractivity contribution in [3.05, 3.63) is 44.9 Å². The Morgan fingerprint density at radius 1 is 1.16 bits per heavy atom. The first-order valence-electron chi connectivity index (χ1n) is 10.3. The maximum absolute atomic E-state index is 13.2. The molecular formula is C22H28N2O6S2. The molecule has 10 heteroatoms. The molecule has 3 rings (SSSR count). The molecule has 2 N–H and O–H groups in total. The average Bonchev–Trinajstić information content (AvgIpc) is 3.43. The number of dihydropyridines is 1. The molecule has 1 saturated heterocycles. The number of rotatable bonds is 7. The number of ether oxygens (including phenoxy) is 3. The van der Waals surface area contributed by atoms with Gasteiger partial charge in [-0.05, 0) is 39.1 Å². The number of nitrogens with one attached hydrogen (secondary N) is 2. The molecule has 8 nitrogen and oxygen atoms in total. The topological polar surface area (TPSA) is 103 Å².